The highest BCUT2D eigenvalue weighted by Crippen LogP contribution is 2.55. The van der Waals surface area contributed by atoms with Gasteiger partial charge in [-0.1, -0.05) is 0 Å². The number of pyridine rings is 1. The van der Waals surface area contributed by atoms with E-state index in [1.807, 2.05) is 6.20 Å². The lowest BCUT2D eigenvalue weighted by atomic mass is 10.1. The van der Waals surface area contributed by atoms with Gasteiger partial charge in [0.05, 0.1) is 11.3 Å². The van der Waals surface area contributed by atoms with Gasteiger partial charge in [0.15, 0.2) is 0 Å². The van der Waals surface area contributed by atoms with E-state index in [1.54, 1.807) is 0 Å². The number of rotatable bonds is 3. The van der Waals surface area contributed by atoms with Gasteiger partial charge in [-0.3, -0.25) is 4.98 Å². The number of halogens is 3. The molecule has 1 N–H and O–H groups in total. The summed E-state index contributed by atoms with van der Waals surface area (Å²) >= 11 is 0. The summed E-state index contributed by atoms with van der Waals surface area (Å²) in [6.07, 6.45) is 1.30. The van der Waals surface area contributed by atoms with E-state index in [0.717, 1.165) is 31.8 Å². The largest absolute Gasteiger partial charge is 0.418 e. The fraction of sp³-hybridized carbons (Fsp3) is 0.556. The molecule has 0 aromatic carbocycles. The van der Waals surface area contributed by atoms with Crippen molar-refractivity contribution in [2.24, 2.45) is 11.8 Å². The van der Waals surface area contributed by atoms with Crippen molar-refractivity contribution in [1.82, 2.24) is 19.9 Å². The minimum absolute atomic E-state index is 0.000832. The molecule has 5 rings (SSSR count). The number of hydrogen-bond donors (Lipinski definition) is 1. The summed E-state index contributed by atoms with van der Waals surface area (Å²) < 4.78 is 41.8. The van der Waals surface area contributed by atoms with Crippen LogP contribution in [0.15, 0.2) is 18.5 Å². The normalized spacial score (nSPS) is 28.2. The van der Waals surface area contributed by atoms with Crippen LogP contribution in [0, 0.1) is 18.8 Å². The van der Waals surface area contributed by atoms with Gasteiger partial charge in [0.25, 0.3) is 0 Å². The van der Waals surface area contributed by atoms with Crippen LogP contribution < -0.4 is 5.32 Å². The highest BCUT2D eigenvalue weighted by Gasteiger charge is 2.55. The number of imidazole rings is 1. The Balaban J connectivity index is 1.55. The second-order valence-corrected chi connectivity index (χ2v) is 7.50. The number of nitrogens with zero attached hydrogens (tertiary/aromatic N) is 3. The Kier molecular flexibility index (Phi) is 3.11. The third-order valence-corrected chi connectivity index (χ3v) is 5.76. The molecule has 4 nitrogen and oxygen atoms in total. The van der Waals surface area contributed by atoms with Crippen LogP contribution in [-0.4, -0.2) is 27.6 Å². The van der Waals surface area contributed by atoms with Gasteiger partial charge in [-0.05, 0) is 37.7 Å². The van der Waals surface area contributed by atoms with Crippen molar-refractivity contribution < 1.29 is 13.2 Å². The third kappa shape index (κ3) is 2.47. The Labute approximate surface area is 143 Å². The van der Waals surface area contributed by atoms with Gasteiger partial charge in [-0.15, -0.1) is 0 Å². The Hall–Kier alpha value is -1.89. The molecule has 2 aromatic heterocycles. The molecule has 2 aliphatic carbocycles. The number of aryl methyl sites for hydroxylation is 1. The summed E-state index contributed by atoms with van der Waals surface area (Å²) in [5.74, 6) is 2.79. The molecule has 0 spiro atoms. The monoisotopic (exact) mass is 348 g/mol. The average Bonchev–Trinajstić information content (AvgIpc) is 3.43. The minimum Gasteiger partial charge on any atom is -0.330 e. The van der Waals surface area contributed by atoms with Gasteiger partial charge in [-0.25, -0.2) is 4.98 Å². The van der Waals surface area contributed by atoms with E-state index in [-0.39, 0.29) is 5.69 Å². The molecular weight excluding hydrogens is 329 g/mol. The molecule has 2 aromatic rings. The molecule has 25 heavy (non-hydrogen) atoms. The van der Waals surface area contributed by atoms with Gasteiger partial charge in [0.2, 0.25) is 0 Å². The second kappa shape index (κ2) is 5.06. The Morgan fingerprint density at radius 1 is 1.20 bits per heavy atom. The molecular formula is C18H19F3N4. The Morgan fingerprint density at radius 2 is 1.92 bits per heavy atom. The lowest BCUT2D eigenvalue weighted by molar-refractivity contribution is -0.138. The maximum Gasteiger partial charge on any atom is 0.418 e. The van der Waals surface area contributed by atoms with E-state index in [2.05, 4.69) is 14.9 Å². The van der Waals surface area contributed by atoms with E-state index in [0.29, 0.717) is 35.1 Å². The summed E-state index contributed by atoms with van der Waals surface area (Å²) in [5, 5.41) is 3.39. The van der Waals surface area contributed by atoms with Crippen molar-refractivity contribution in [3.8, 4) is 11.3 Å². The summed E-state index contributed by atoms with van der Waals surface area (Å²) in [5.41, 5.74) is 0.376. The molecule has 0 amide bonds. The first-order valence-corrected chi connectivity index (χ1v) is 8.77. The average molecular weight is 348 g/mol. The zero-order valence-electron chi connectivity index (χ0n) is 13.8. The number of nitrogens with one attached hydrogen (secondary N) is 1. The fourth-order valence-corrected chi connectivity index (χ4v) is 4.19. The molecule has 1 aliphatic heterocycles. The molecule has 3 fully saturated rings. The van der Waals surface area contributed by atoms with Crippen LogP contribution in [0.1, 0.15) is 41.9 Å². The molecule has 1 saturated heterocycles. The predicted molar refractivity (Wildman–Crippen MR) is 86.1 cm³/mol. The van der Waals surface area contributed by atoms with Crippen molar-refractivity contribution in [2.45, 2.75) is 37.9 Å². The van der Waals surface area contributed by atoms with Crippen molar-refractivity contribution in [2.75, 3.05) is 13.1 Å². The van der Waals surface area contributed by atoms with E-state index in [1.165, 1.54) is 19.2 Å². The number of aromatic nitrogens is 3. The van der Waals surface area contributed by atoms with Crippen LogP contribution >= 0.6 is 0 Å². The first-order valence-electron chi connectivity index (χ1n) is 8.77. The van der Waals surface area contributed by atoms with Crippen LogP contribution in [0.25, 0.3) is 11.3 Å². The van der Waals surface area contributed by atoms with Gasteiger partial charge in [0.1, 0.15) is 5.82 Å². The SMILES string of the molecule is Cc1ncc(-c2cn(C3[C@H]4CNC[C@@H]34)c(C3CC3)n2)cc1C(F)(F)F. The molecule has 1 unspecified atom stereocenters. The molecule has 0 bridgehead atoms. The highest BCUT2D eigenvalue weighted by molar-refractivity contribution is 5.59. The van der Waals surface area contributed by atoms with E-state index in [9.17, 15) is 13.2 Å². The lowest BCUT2D eigenvalue weighted by Crippen LogP contribution is -2.17. The first-order chi connectivity index (χ1) is 11.9. The van der Waals surface area contributed by atoms with Gasteiger partial charge < -0.3 is 9.88 Å². The maximum atomic E-state index is 13.2. The van der Waals surface area contributed by atoms with Crippen LogP contribution in [-0.2, 0) is 6.18 Å². The Bertz CT molecular complexity index is 827. The van der Waals surface area contributed by atoms with E-state index in [4.69, 9.17) is 4.98 Å². The zero-order valence-corrected chi connectivity index (χ0v) is 13.8. The smallest absolute Gasteiger partial charge is 0.330 e. The molecule has 132 valence electrons. The maximum absolute atomic E-state index is 13.2. The quantitative estimate of drug-likeness (QED) is 0.923. The van der Waals surface area contributed by atoms with Crippen molar-refractivity contribution >= 4 is 0 Å². The van der Waals surface area contributed by atoms with Crippen molar-refractivity contribution in [1.29, 1.82) is 0 Å². The zero-order chi connectivity index (χ0) is 17.3. The second-order valence-electron chi connectivity index (χ2n) is 7.50. The Morgan fingerprint density at radius 3 is 2.56 bits per heavy atom. The molecule has 3 aliphatic rings. The fourth-order valence-electron chi connectivity index (χ4n) is 4.19. The third-order valence-electron chi connectivity index (χ3n) is 5.76. The number of alkyl halides is 3. The molecule has 7 heteroatoms. The number of fused-ring (bicyclic) bond motifs is 1. The van der Waals surface area contributed by atoms with E-state index < -0.39 is 11.7 Å². The summed E-state index contributed by atoms with van der Waals surface area (Å²) in [4.78, 5) is 8.68. The number of piperidine rings is 1. The molecule has 3 heterocycles. The van der Waals surface area contributed by atoms with Crippen LogP contribution in [0.2, 0.25) is 0 Å². The van der Waals surface area contributed by atoms with E-state index >= 15 is 0 Å². The lowest BCUT2D eigenvalue weighted by Gasteiger charge is -2.10. The van der Waals surface area contributed by atoms with Gasteiger partial charge in [-0.2, -0.15) is 13.2 Å². The van der Waals surface area contributed by atoms with Gasteiger partial charge >= 0.3 is 6.18 Å². The van der Waals surface area contributed by atoms with Crippen LogP contribution in [0.5, 0.6) is 0 Å². The van der Waals surface area contributed by atoms with Crippen molar-refractivity contribution in [3.05, 3.63) is 35.5 Å². The number of hydrogen-bond acceptors (Lipinski definition) is 3. The molecule has 2 saturated carbocycles. The summed E-state index contributed by atoms with van der Waals surface area (Å²) in [6, 6.07) is 1.64. The topological polar surface area (TPSA) is 42.7 Å². The summed E-state index contributed by atoms with van der Waals surface area (Å²) in [6.45, 7) is 3.44. The van der Waals surface area contributed by atoms with Gasteiger partial charge in [0, 0.05) is 48.7 Å². The predicted octanol–water partition coefficient (Wildman–Crippen LogP) is 3.54. The van der Waals surface area contributed by atoms with Crippen LogP contribution in [0.4, 0.5) is 13.2 Å². The summed E-state index contributed by atoms with van der Waals surface area (Å²) in [7, 11) is 0. The minimum atomic E-state index is -4.39. The molecule has 0 radical (unpaired) electrons. The van der Waals surface area contributed by atoms with Crippen molar-refractivity contribution in [3.63, 3.8) is 0 Å². The van der Waals surface area contributed by atoms with Crippen LogP contribution in [0.3, 0.4) is 0 Å². The molecule has 3 atom stereocenters. The standard InChI is InChI=1S/C18H19F3N4/c1-9-14(18(19,20)21)4-11(5-23-9)15-8-25(17(24-15)10-2-3-10)16-12-6-22-7-13(12)16/h4-5,8,10,12-13,16,22H,2-3,6-7H2,1H3/t12-,13+,16?. The highest BCUT2D eigenvalue weighted by atomic mass is 19.4. The first kappa shape index (κ1) is 15.4.